The molecule has 0 saturated carbocycles. The highest BCUT2D eigenvalue weighted by Gasteiger charge is 2.25. The van der Waals surface area contributed by atoms with E-state index < -0.39 is 0 Å². The molecule has 14 heavy (non-hydrogen) atoms. The van der Waals surface area contributed by atoms with Crippen LogP contribution in [0, 0.1) is 6.92 Å². The summed E-state index contributed by atoms with van der Waals surface area (Å²) in [5.41, 5.74) is 2.74. The number of hydrogen-bond donors (Lipinski definition) is 0. The molecule has 0 spiro atoms. The molecule has 0 radical (unpaired) electrons. The highest BCUT2D eigenvalue weighted by Crippen LogP contribution is 2.39. The SMILES string of the molecule is CC1=N[C@H](C)C(c2cccc(C)c2)S1. The molecule has 0 amide bonds. The Balaban J connectivity index is 2.25. The highest BCUT2D eigenvalue weighted by atomic mass is 32.2. The van der Waals surface area contributed by atoms with E-state index in [1.165, 1.54) is 16.2 Å². The third-order valence-corrected chi connectivity index (χ3v) is 3.86. The molecule has 1 nitrogen and oxygen atoms in total. The molecule has 0 fully saturated rings. The molecule has 2 heteroatoms. The third-order valence-electron chi connectivity index (χ3n) is 2.49. The summed E-state index contributed by atoms with van der Waals surface area (Å²) in [5, 5.41) is 1.74. The van der Waals surface area contributed by atoms with Crippen molar-refractivity contribution in [2.24, 2.45) is 4.99 Å². The van der Waals surface area contributed by atoms with Gasteiger partial charge in [-0.3, -0.25) is 4.99 Å². The van der Waals surface area contributed by atoms with Crippen molar-refractivity contribution in [2.45, 2.75) is 32.1 Å². The summed E-state index contributed by atoms with van der Waals surface area (Å²) in [5.74, 6) is 0. The van der Waals surface area contributed by atoms with Gasteiger partial charge in [0.25, 0.3) is 0 Å². The first kappa shape index (κ1) is 9.78. The van der Waals surface area contributed by atoms with Crippen LogP contribution in [0.15, 0.2) is 29.3 Å². The van der Waals surface area contributed by atoms with Crippen molar-refractivity contribution in [3.63, 3.8) is 0 Å². The van der Waals surface area contributed by atoms with E-state index in [0.717, 1.165) is 0 Å². The van der Waals surface area contributed by atoms with Crippen molar-refractivity contribution in [3.8, 4) is 0 Å². The third kappa shape index (κ3) is 1.85. The molecule has 0 aromatic heterocycles. The van der Waals surface area contributed by atoms with Gasteiger partial charge in [0.1, 0.15) is 0 Å². The molecule has 74 valence electrons. The van der Waals surface area contributed by atoms with Crippen LogP contribution in [0.5, 0.6) is 0 Å². The smallest absolute Gasteiger partial charge is 0.0655 e. The predicted octanol–water partition coefficient (Wildman–Crippen LogP) is 3.59. The van der Waals surface area contributed by atoms with Gasteiger partial charge in [-0.15, -0.1) is 11.8 Å². The largest absolute Gasteiger partial charge is 0.279 e. The van der Waals surface area contributed by atoms with Gasteiger partial charge in [-0.05, 0) is 26.3 Å². The maximum Gasteiger partial charge on any atom is 0.0655 e. The van der Waals surface area contributed by atoms with Crippen LogP contribution >= 0.6 is 11.8 Å². The van der Waals surface area contributed by atoms with Crippen LogP contribution in [-0.2, 0) is 0 Å². The predicted molar refractivity (Wildman–Crippen MR) is 64.1 cm³/mol. The Bertz CT molecular complexity index is 370. The van der Waals surface area contributed by atoms with Crippen molar-refractivity contribution < 1.29 is 0 Å². The lowest BCUT2D eigenvalue weighted by Gasteiger charge is -2.13. The molecule has 0 aliphatic carbocycles. The molecule has 2 rings (SSSR count). The molecule has 1 aromatic carbocycles. The zero-order chi connectivity index (χ0) is 10.1. The molecular weight excluding hydrogens is 190 g/mol. The second kappa shape index (κ2) is 3.77. The number of hydrogen-bond acceptors (Lipinski definition) is 2. The molecule has 0 N–H and O–H groups in total. The standard InChI is InChI=1S/C12H15NS/c1-8-5-4-6-11(7-8)12-9(2)13-10(3)14-12/h4-7,9,12H,1-3H3/t9-,12?/m1/s1. The van der Waals surface area contributed by atoms with E-state index in [9.17, 15) is 0 Å². The Morgan fingerprint density at radius 1 is 1.29 bits per heavy atom. The Kier molecular flexibility index (Phi) is 2.64. The number of aryl methyl sites for hydroxylation is 1. The van der Waals surface area contributed by atoms with Crippen LogP contribution < -0.4 is 0 Å². The minimum atomic E-state index is 0.418. The Morgan fingerprint density at radius 3 is 2.64 bits per heavy atom. The van der Waals surface area contributed by atoms with Gasteiger partial charge in [-0.25, -0.2) is 0 Å². The van der Waals surface area contributed by atoms with Crippen LogP contribution in [0.2, 0.25) is 0 Å². The molecule has 1 aliphatic heterocycles. The Hall–Kier alpha value is -0.760. The van der Waals surface area contributed by atoms with Gasteiger partial charge in [0.2, 0.25) is 0 Å². The van der Waals surface area contributed by atoms with Crippen molar-refractivity contribution in [3.05, 3.63) is 35.4 Å². The van der Waals surface area contributed by atoms with E-state index in [1.807, 2.05) is 11.8 Å². The van der Waals surface area contributed by atoms with Gasteiger partial charge in [-0.1, -0.05) is 29.8 Å². The number of thioether (sulfide) groups is 1. The lowest BCUT2D eigenvalue weighted by Crippen LogP contribution is -2.04. The van der Waals surface area contributed by atoms with Crippen molar-refractivity contribution >= 4 is 16.8 Å². The maximum absolute atomic E-state index is 4.56. The van der Waals surface area contributed by atoms with Gasteiger partial charge in [0, 0.05) is 0 Å². The summed E-state index contributed by atoms with van der Waals surface area (Å²) in [7, 11) is 0. The molecule has 2 atom stereocenters. The minimum Gasteiger partial charge on any atom is -0.279 e. The lowest BCUT2D eigenvalue weighted by atomic mass is 10.0. The van der Waals surface area contributed by atoms with E-state index in [-0.39, 0.29) is 0 Å². The van der Waals surface area contributed by atoms with Gasteiger partial charge in [-0.2, -0.15) is 0 Å². The van der Waals surface area contributed by atoms with E-state index >= 15 is 0 Å². The fourth-order valence-electron chi connectivity index (χ4n) is 1.86. The van der Waals surface area contributed by atoms with Crippen molar-refractivity contribution in [1.29, 1.82) is 0 Å². The topological polar surface area (TPSA) is 12.4 Å². The number of rotatable bonds is 1. The molecule has 1 unspecified atom stereocenters. The number of benzene rings is 1. The normalized spacial score (nSPS) is 26.4. The molecule has 0 saturated heterocycles. The molecule has 0 bridgehead atoms. The summed E-state index contributed by atoms with van der Waals surface area (Å²) in [6, 6.07) is 9.16. The highest BCUT2D eigenvalue weighted by molar-refractivity contribution is 8.14. The van der Waals surface area contributed by atoms with Gasteiger partial charge >= 0.3 is 0 Å². The minimum absolute atomic E-state index is 0.418. The lowest BCUT2D eigenvalue weighted by molar-refractivity contribution is 0.739. The van der Waals surface area contributed by atoms with Crippen LogP contribution in [0.25, 0.3) is 0 Å². The van der Waals surface area contributed by atoms with Gasteiger partial charge < -0.3 is 0 Å². The Morgan fingerprint density at radius 2 is 2.07 bits per heavy atom. The van der Waals surface area contributed by atoms with Crippen LogP contribution in [0.4, 0.5) is 0 Å². The zero-order valence-electron chi connectivity index (χ0n) is 8.82. The summed E-state index contributed by atoms with van der Waals surface area (Å²) in [6.45, 7) is 6.43. The quantitative estimate of drug-likeness (QED) is 0.682. The average molecular weight is 205 g/mol. The summed E-state index contributed by atoms with van der Waals surface area (Å²) >= 11 is 1.89. The summed E-state index contributed by atoms with van der Waals surface area (Å²) in [6.07, 6.45) is 0. The fourth-order valence-corrected chi connectivity index (χ4v) is 3.00. The van der Waals surface area contributed by atoms with Crippen LogP contribution in [0.1, 0.15) is 30.2 Å². The molecule has 1 aromatic rings. The van der Waals surface area contributed by atoms with Crippen molar-refractivity contribution in [2.75, 3.05) is 0 Å². The molecule has 1 heterocycles. The van der Waals surface area contributed by atoms with E-state index in [2.05, 4.69) is 50.0 Å². The first-order valence-electron chi connectivity index (χ1n) is 4.94. The molecule has 1 aliphatic rings. The Labute approximate surface area is 89.6 Å². The average Bonchev–Trinajstić information content (AvgIpc) is 2.45. The van der Waals surface area contributed by atoms with E-state index in [4.69, 9.17) is 0 Å². The summed E-state index contributed by atoms with van der Waals surface area (Å²) in [4.78, 5) is 4.56. The first-order valence-corrected chi connectivity index (χ1v) is 5.82. The van der Waals surface area contributed by atoms with Crippen LogP contribution in [-0.4, -0.2) is 11.1 Å². The summed E-state index contributed by atoms with van der Waals surface area (Å²) < 4.78 is 0. The first-order chi connectivity index (χ1) is 6.66. The second-order valence-electron chi connectivity index (χ2n) is 3.84. The number of nitrogens with zero attached hydrogens (tertiary/aromatic N) is 1. The van der Waals surface area contributed by atoms with E-state index in [0.29, 0.717) is 11.3 Å². The molecular formula is C12H15NS. The maximum atomic E-state index is 4.56. The number of aliphatic imine (C=N–C) groups is 1. The van der Waals surface area contributed by atoms with Crippen molar-refractivity contribution in [1.82, 2.24) is 0 Å². The fraction of sp³-hybridized carbons (Fsp3) is 0.417. The van der Waals surface area contributed by atoms with Crippen LogP contribution in [0.3, 0.4) is 0 Å². The second-order valence-corrected chi connectivity index (χ2v) is 5.18. The van der Waals surface area contributed by atoms with Gasteiger partial charge in [0.05, 0.1) is 16.3 Å². The monoisotopic (exact) mass is 205 g/mol. The van der Waals surface area contributed by atoms with E-state index in [1.54, 1.807) is 0 Å². The zero-order valence-corrected chi connectivity index (χ0v) is 9.64. The van der Waals surface area contributed by atoms with Gasteiger partial charge in [0.15, 0.2) is 0 Å².